The molecule has 1 saturated heterocycles. The molecule has 1 fully saturated rings. The van der Waals surface area contributed by atoms with Gasteiger partial charge in [-0.25, -0.2) is 21.1 Å². The Bertz CT molecular complexity index is 1130. The van der Waals surface area contributed by atoms with Gasteiger partial charge in [0.25, 0.3) is 10.0 Å². The van der Waals surface area contributed by atoms with Crippen LogP contribution in [-0.2, 0) is 24.8 Å². The van der Waals surface area contributed by atoms with Gasteiger partial charge in [-0.15, -0.1) is 0 Å². The van der Waals surface area contributed by atoms with Crippen LogP contribution in [0.1, 0.15) is 12.5 Å². The number of carbonyl (C=O) groups is 1. The van der Waals surface area contributed by atoms with Gasteiger partial charge in [-0.05, 0) is 48.9 Å². The molecule has 1 aliphatic rings. The van der Waals surface area contributed by atoms with Crippen molar-refractivity contribution in [3.63, 3.8) is 0 Å². The number of hydrogen-bond acceptors (Lipinski definition) is 5. The number of anilines is 2. The Morgan fingerprint density at radius 3 is 2.44 bits per heavy atom. The molecule has 0 spiro atoms. The van der Waals surface area contributed by atoms with E-state index in [1.165, 1.54) is 31.2 Å². The third kappa shape index (κ3) is 3.80. The normalized spacial score (nSPS) is 19.3. The van der Waals surface area contributed by atoms with Crippen LogP contribution in [-0.4, -0.2) is 28.5 Å². The highest BCUT2D eigenvalue weighted by Crippen LogP contribution is 2.31. The van der Waals surface area contributed by atoms with E-state index < -0.39 is 31.9 Å². The number of halogens is 1. The monoisotopic (exact) mass is 428 g/mol. The van der Waals surface area contributed by atoms with Gasteiger partial charge in [-0.2, -0.15) is 0 Å². The van der Waals surface area contributed by atoms with Crippen molar-refractivity contribution in [1.29, 1.82) is 0 Å². The molecule has 0 radical (unpaired) electrons. The first-order valence-electron chi connectivity index (χ1n) is 7.97. The van der Waals surface area contributed by atoms with E-state index in [1.54, 1.807) is 25.1 Å². The van der Waals surface area contributed by atoms with Gasteiger partial charge in [0.05, 0.1) is 27.9 Å². The SMILES string of the molecule is Cc1cc(N2C(=O)C(C)CS2(=O)=O)ccc1S(=O)(=O)Nc1cccc(Cl)c1. The lowest BCUT2D eigenvalue weighted by atomic mass is 10.2. The maximum absolute atomic E-state index is 12.7. The number of nitrogens with zero attached hydrogens (tertiary/aromatic N) is 1. The van der Waals surface area contributed by atoms with Gasteiger partial charge < -0.3 is 0 Å². The molecular weight excluding hydrogens is 412 g/mol. The molecule has 144 valence electrons. The number of sulfonamides is 2. The largest absolute Gasteiger partial charge is 0.280 e. The van der Waals surface area contributed by atoms with Crippen LogP contribution in [0.25, 0.3) is 0 Å². The summed E-state index contributed by atoms with van der Waals surface area (Å²) in [7, 11) is -7.67. The Balaban J connectivity index is 1.96. The summed E-state index contributed by atoms with van der Waals surface area (Å²) in [6, 6.07) is 10.2. The molecule has 27 heavy (non-hydrogen) atoms. The number of hydrogen-bond donors (Lipinski definition) is 1. The molecule has 2 aromatic rings. The smallest absolute Gasteiger partial charge is 0.262 e. The zero-order valence-corrected chi connectivity index (χ0v) is 16.9. The van der Waals surface area contributed by atoms with Crippen molar-refractivity contribution in [2.45, 2.75) is 18.7 Å². The molecule has 1 unspecified atom stereocenters. The van der Waals surface area contributed by atoms with Gasteiger partial charge in [-0.3, -0.25) is 9.52 Å². The molecule has 10 heteroatoms. The Labute approximate surface area is 163 Å². The predicted molar refractivity (Wildman–Crippen MR) is 104 cm³/mol. The molecule has 1 atom stereocenters. The standard InChI is InChI=1S/C17H17ClN2O5S2/c1-11-8-15(20-17(21)12(2)10-26(20,22)23)6-7-16(11)27(24,25)19-14-5-3-4-13(18)9-14/h3-9,12,19H,10H2,1-2H3. The van der Waals surface area contributed by atoms with E-state index >= 15 is 0 Å². The Hall–Kier alpha value is -2.10. The average Bonchev–Trinajstić information content (AvgIpc) is 2.74. The number of benzene rings is 2. The summed E-state index contributed by atoms with van der Waals surface area (Å²) < 4.78 is 52.9. The van der Waals surface area contributed by atoms with Crippen molar-refractivity contribution in [2.24, 2.45) is 5.92 Å². The summed E-state index contributed by atoms with van der Waals surface area (Å²) in [6.45, 7) is 3.08. The van der Waals surface area contributed by atoms with Gasteiger partial charge in [0, 0.05) is 5.02 Å². The lowest BCUT2D eigenvalue weighted by Crippen LogP contribution is -2.30. The topological polar surface area (TPSA) is 101 Å². The first-order chi connectivity index (χ1) is 12.5. The summed E-state index contributed by atoms with van der Waals surface area (Å²) in [5.41, 5.74) is 0.741. The van der Waals surface area contributed by atoms with Crippen LogP contribution in [0, 0.1) is 12.8 Å². The number of rotatable bonds is 4. The molecule has 7 nitrogen and oxygen atoms in total. The predicted octanol–water partition coefficient (Wildman–Crippen LogP) is 2.76. The Morgan fingerprint density at radius 2 is 1.89 bits per heavy atom. The summed E-state index contributed by atoms with van der Waals surface area (Å²) in [4.78, 5) is 12.2. The Kier molecular flexibility index (Phi) is 4.96. The van der Waals surface area contributed by atoms with Crippen LogP contribution in [0.5, 0.6) is 0 Å². The summed E-state index contributed by atoms with van der Waals surface area (Å²) in [5, 5.41) is 0.383. The summed E-state index contributed by atoms with van der Waals surface area (Å²) in [5.74, 6) is -1.42. The van der Waals surface area contributed by atoms with Gasteiger partial charge in [0.1, 0.15) is 0 Å². The van der Waals surface area contributed by atoms with Crippen molar-refractivity contribution in [3.8, 4) is 0 Å². The van der Waals surface area contributed by atoms with E-state index in [1.807, 2.05) is 0 Å². The fourth-order valence-corrected chi connectivity index (χ4v) is 6.19. The number of amides is 1. The minimum Gasteiger partial charge on any atom is -0.280 e. The van der Waals surface area contributed by atoms with Crippen LogP contribution in [0.4, 0.5) is 11.4 Å². The summed E-state index contributed by atoms with van der Waals surface area (Å²) >= 11 is 5.87. The minimum absolute atomic E-state index is 0.0247. The quantitative estimate of drug-likeness (QED) is 0.806. The second-order valence-corrected chi connectivity index (χ2v) is 10.3. The lowest BCUT2D eigenvalue weighted by molar-refractivity contribution is -0.119. The highest BCUT2D eigenvalue weighted by Gasteiger charge is 2.42. The van der Waals surface area contributed by atoms with Crippen LogP contribution in [0.15, 0.2) is 47.4 Å². The number of aryl methyl sites for hydroxylation is 1. The van der Waals surface area contributed by atoms with Gasteiger partial charge in [-0.1, -0.05) is 24.6 Å². The average molecular weight is 429 g/mol. The molecule has 2 aromatic carbocycles. The number of nitrogens with one attached hydrogen (secondary N) is 1. The highest BCUT2D eigenvalue weighted by molar-refractivity contribution is 7.94. The maximum atomic E-state index is 12.7. The Morgan fingerprint density at radius 1 is 1.19 bits per heavy atom. The van der Waals surface area contributed by atoms with Gasteiger partial charge in [0.15, 0.2) is 0 Å². The van der Waals surface area contributed by atoms with Gasteiger partial charge >= 0.3 is 0 Å². The second-order valence-electron chi connectivity index (χ2n) is 6.35. The van der Waals surface area contributed by atoms with E-state index in [-0.39, 0.29) is 16.3 Å². The highest BCUT2D eigenvalue weighted by atomic mass is 35.5. The van der Waals surface area contributed by atoms with Crippen molar-refractivity contribution in [2.75, 3.05) is 14.8 Å². The van der Waals surface area contributed by atoms with E-state index in [9.17, 15) is 21.6 Å². The fraction of sp³-hybridized carbons (Fsp3) is 0.235. The molecule has 1 amide bonds. The first kappa shape index (κ1) is 19.7. The van der Waals surface area contributed by atoms with Crippen molar-refractivity contribution < 1.29 is 21.6 Å². The minimum atomic E-state index is -3.92. The van der Waals surface area contributed by atoms with Gasteiger partial charge in [0.2, 0.25) is 15.9 Å². The van der Waals surface area contributed by atoms with E-state index in [4.69, 9.17) is 11.6 Å². The zero-order chi connectivity index (χ0) is 20.0. The number of carbonyl (C=O) groups excluding carboxylic acids is 1. The molecule has 0 aromatic heterocycles. The second kappa shape index (κ2) is 6.81. The van der Waals surface area contributed by atoms with Crippen molar-refractivity contribution in [3.05, 3.63) is 53.1 Å². The molecular formula is C17H17ClN2O5S2. The van der Waals surface area contributed by atoms with Crippen LogP contribution >= 0.6 is 11.6 Å². The molecule has 1 aliphatic heterocycles. The first-order valence-corrected chi connectivity index (χ1v) is 11.4. The van der Waals surface area contributed by atoms with Crippen LogP contribution < -0.4 is 9.03 Å². The third-order valence-corrected chi connectivity index (χ3v) is 7.76. The zero-order valence-electron chi connectivity index (χ0n) is 14.5. The maximum Gasteiger partial charge on any atom is 0.262 e. The van der Waals surface area contributed by atoms with Crippen LogP contribution in [0.3, 0.4) is 0 Å². The van der Waals surface area contributed by atoms with E-state index in [0.717, 1.165) is 4.31 Å². The van der Waals surface area contributed by atoms with E-state index in [0.29, 0.717) is 16.3 Å². The van der Waals surface area contributed by atoms with E-state index in [2.05, 4.69) is 4.72 Å². The molecule has 0 bridgehead atoms. The van der Waals surface area contributed by atoms with Crippen molar-refractivity contribution >= 4 is 48.9 Å². The lowest BCUT2D eigenvalue weighted by Gasteiger charge is -2.17. The molecule has 0 aliphatic carbocycles. The molecule has 1 N–H and O–H groups in total. The molecule has 3 rings (SSSR count). The fourth-order valence-electron chi connectivity index (χ4n) is 2.91. The third-order valence-electron chi connectivity index (χ3n) is 4.12. The summed E-state index contributed by atoms with van der Waals surface area (Å²) in [6.07, 6.45) is 0. The van der Waals surface area contributed by atoms with Crippen molar-refractivity contribution in [1.82, 2.24) is 0 Å². The molecule has 1 heterocycles. The molecule has 0 saturated carbocycles. The van der Waals surface area contributed by atoms with Crippen LogP contribution in [0.2, 0.25) is 5.02 Å².